The maximum absolute atomic E-state index is 12.2. The number of benzene rings is 2. The molecule has 1 aliphatic carbocycles. The summed E-state index contributed by atoms with van der Waals surface area (Å²) in [5.41, 5.74) is 1.24. The van der Waals surface area contributed by atoms with Crippen LogP contribution in [0.25, 0.3) is 21.9 Å². The van der Waals surface area contributed by atoms with Gasteiger partial charge in [-0.1, -0.05) is 24.6 Å². The Kier molecular flexibility index (Phi) is 3.30. The van der Waals surface area contributed by atoms with Crippen molar-refractivity contribution in [3.05, 3.63) is 42.5 Å². The third-order valence-electron chi connectivity index (χ3n) is 4.93. The number of carboxylic acid groups (broad SMARTS) is 1. The summed E-state index contributed by atoms with van der Waals surface area (Å²) in [4.78, 5) is 23.6. The Morgan fingerprint density at radius 3 is 2.54 bits per heavy atom. The van der Waals surface area contributed by atoms with Crippen LogP contribution in [0.3, 0.4) is 0 Å². The molecular formula is C19H17NO4. The summed E-state index contributed by atoms with van der Waals surface area (Å²) in [6, 6.07) is 13.3. The number of carbonyl (C=O) groups excluding carboxylic acids is 1. The molecule has 3 aromatic rings. The highest BCUT2D eigenvalue weighted by atomic mass is 16.4. The molecule has 0 spiro atoms. The van der Waals surface area contributed by atoms with Crippen LogP contribution in [-0.2, 0) is 9.59 Å². The van der Waals surface area contributed by atoms with Gasteiger partial charge in [-0.05, 0) is 31.0 Å². The van der Waals surface area contributed by atoms with Gasteiger partial charge in [0.25, 0.3) is 0 Å². The van der Waals surface area contributed by atoms with E-state index in [1.54, 1.807) is 6.07 Å². The van der Waals surface area contributed by atoms with E-state index in [0.717, 1.165) is 22.8 Å². The van der Waals surface area contributed by atoms with Crippen LogP contribution in [0.5, 0.6) is 0 Å². The van der Waals surface area contributed by atoms with Crippen molar-refractivity contribution in [2.45, 2.75) is 25.7 Å². The lowest BCUT2D eigenvalue weighted by atomic mass is 9.66. The first kappa shape index (κ1) is 14.8. The number of hydrogen-bond donors (Lipinski definition) is 2. The van der Waals surface area contributed by atoms with Crippen LogP contribution in [0.4, 0.5) is 5.69 Å². The molecule has 1 aliphatic rings. The van der Waals surface area contributed by atoms with Gasteiger partial charge in [-0.2, -0.15) is 0 Å². The average molecular weight is 323 g/mol. The number of anilines is 1. The minimum Gasteiger partial charge on any atom is -0.481 e. The molecule has 0 aliphatic heterocycles. The number of furan rings is 1. The van der Waals surface area contributed by atoms with Gasteiger partial charge in [0, 0.05) is 28.9 Å². The lowest BCUT2D eigenvalue weighted by molar-refractivity contribution is -0.157. The third kappa shape index (κ3) is 2.33. The summed E-state index contributed by atoms with van der Waals surface area (Å²) < 4.78 is 5.80. The van der Waals surface area contributed by atoms with E-state index in [2.05, 4.69) is 5.32 Å². The fourth-order valence-electron chi connectivity index (χ4n) is 3.39. The van der Waals surface area contributed by atoms with Crippen LogP contribution in [-0.4, -0.2) is 17.0 Å². The van der Waals surface area contributed by atoms with Crippen molar-refractivity contribution in [3.63, 3.8) is 0 Å². The maximum Gasteiger partial charge on any atom is 0.310 e. The minimum absolute atomic E-state index is 0.0144. The zero-order valence-corrected chi connectivity index (χ0v) is 13.0. The van der Waals surface area contributed by atoms with Crippen molar-refractivity contribution >= 4 is 39.5 Å². The van der Waals surface area contributed by atoms with Crippen LogP contribution in [0.1, 0.15) is 25.7 Å². The fourth-order valence-corrected chi connectivity index (χ4v) is 3.39. The molecule has 1 fully saturated rings. The monoisotopic (exact) mass is 323 g/mol. The molecule has 24 heavy (non-hydrogen) atoms. The summed E-state index contributed by atoms with van der Waals surface area (Å²) in [6.45, 7) is 0. The predicted molar refractivity (Wildman–Crippen MR) is 90.9 cm³/mol. The zero-order valence-electron chi connectivity index (χ0n) is 13.0. The Balaban J connectivity index is 1.57. The summed E-state index contributed by atoms with van der Waals surface area (Å²) >= 11 is 0. The Morgan fingerprint density at radius 1 is 1.08 bits per heavy atom. The van der Waals surface area contributed by atoms with E-state index >= 15 is 0 Å². The summed E-state index contributed by atoms with van der Waals surface area (Å²) in [5.74, 6) is -1.15. The smallest absolute Gasteiger partial charge is 0.310 e. The topological polar surface area (TPSA) is 79.5 Å². The molecule has 1 heterocycles. The number of para-hydroxylation sites is 1. The molecule has 0 radical (unpaired) electrons. The summed E-state index contributed by atoms with van der Waals surface area (Å²) in [6.07, 6.45) is 2.02. The number of carboxylic acids is 1. The normalized spacial score (nSPS) is 16.0. The van der Waals surface area contributed by atoms with E-state index in [-0.39, 0.29) is 12.3 Å². The molecule has 0 bridgehead atoms. The van der Waals surface area contributed by atoms with Gasteiger partial charge < -0.3 is 14.8 Å². The number of aliphatic carboxylic acids is 1. The van der Waals surface area contributed by atoms with Gasteiger partial charge in [0.05, 0.1) is 5.41 Å². The molecule has 2 aromatic carbocycles. The number of carbonyl (C=O) groups is 2. The average Bonchev–Trinajstić information content (AvgIpc) is 2.88. The molecule has 4 rings (SSSR count). The summed E-state index contributed by atoms with van der Waals surface area (Å²) in [5, 5.41) is 14.1. The number of nitrogens with one attached hydrogen (secondary N) is 1. The molecule has 1 aromatic heterocycles. The van der Waals surface area contributed by atoms with Gasteiger partial charge in [0.15, 0.2) is 0 Å². The fraction of sp³-hybridized carbons (Fsp3) is 0.263. The van der Waals surface area contributed by atoms with Crippen LogP contribution >= 0.6 is 0 Å². The molecule has 122 valence electrons. The Bertz CT molecular complexity index is 952. The Hall–Kier alpha value is -2.82. The quantitative estimate of drug-likeness (QED) is 0.755. The van der Waals surface area contributed by atoms with Gasteiger partial charge in [-0.15, -0.1) is 0 Å². The lowest BCUT2D eigenvalue weighted by Crippen LogP contribution is -2.41. The maximum atomic E-state index is 12.2. The molecule has 0 atom stereocenters. The first-order valence-electron chi connectivity index (χ1n) is 8.02. The van der Waals surface area contributed by atoms with Crippen LogP contribution < -0.4 is 5.32 Å². The molecule has 1 saturated carbocycles. The first-order valence-corrected chi connectivity index (χ1v) is 8.02. The van der Waals surface area contributed by atoms with Crippen molar-refractivity contribution in [1.82, 2.24) is 0 Å². The Labute approximate surface area is 138 Å². The number of hydrogen-bond acceptors (Lipinski definition) is 3. The van der Waals surface area contributed by atoms with Crippen LogP contribution in [0.15, 0.2) is 46.9 Å². The highest BCUT2D eigenvalue weighted by Crippen LogP contribution is 2.44. The number of amides is 1. The van der Waals surface area contributed by atoms with E-state index in [4.69, 9.17) is 4.42 Å². The largest absolute Gasteiger partial charge is 0.481 e. The molecule has 2 N–H and O–H groups in total. The van der Waals surface area contributed by atoms with Gasteiger partial charge in [-0.3, -0.25) is 9.59 Å². The highest BCUT2D eigenvalue weighted by Gasteiger charge is 2.45. The Morgan fingerprint density at radius 2 is 1.83 bits per heavy atom. The zero-order chi connectivity index (χ0) is 16.7. The van der Waals surface area contributed by atoms with Crippen molar-refractivity contribution in [3.8, 4) is 0 Å². The number of fused-ring (bicyclic) bond motifs is 3. The second kappa shape index (κ2) is 5.37. The van der Waals surface area contributed by atoms with E-state index in [9.17, 15) is 14.7 Å². The van der Waals surface area contributed by atoms with Gasteiger partial charge in [0.1, 0.15) is 11.2 Å². The van der Waals surface area contributed by atoms with Crippen molar-refractivity contribution in [1.29, 1.82) is 0 Å². The first-order chi connectivity index (χ1) is 11.6. The number of rotatable bonds is 4. The van der Waals surface area contributed by atoms with E-state index in [1.165, 1.54) is 0 Å². The summed E-state index contributed by atoms with van der Waals surface area (Å²) in [7, 11) is 0. The van der Waals surface area contributed by atoms with E-state index < -0.39 is 11.4 Å². The van der Waals surface area contributed by atoms with Crippen LogP contribution in [0.2, 0.25) is 0 Å². The third-order valence-corrected chi connectivity index (χ3v) is 4.93. The molecule has 5 nitrogen and oxygen atoms in total. The molecule has 0 saturated heterocycles. The lowest BCUT2D eigenvalue weighted by Gasteiger charge is -2.36. The highest BCUT2D eigenvalue weighted by molar-refractivity contribution is 6.06. The molecule has 5 heteroatoms. The van der Waals surface area contributed by atoms with Crippen molar-refractivity contribution in [2.24, 2.45) is 5.41 Å². The van der Waals surface area contributed by atoms with Crippen molar-refractivity contribution < 1.29 is 19.1 Å². The van der Waals surface area contributed by atoms with Gasteiger partial charge in [-0.25, -0.2) is 0 Å². The van der Waals surface area contributed by atoms with Gasteiger partial charge in [0.2, 0.25) is 5.91 Å². The standard InChI is InChI=1S/C19H17NO4/c21-17(11-19(18(22)23)8-3-9-19)20-12-6-7-14-13-4-1-2-5-15(13)24-16(14)10-12/h1-2,4-7,10H,3,8-9,11H2,(H,20,21)(H,22,23). The van der Waals surface area contributed by atoms with E-state index in [0.29, 0.717) is 24.1 Å². The van der Waals surface area contributed by atoms with Crippen LogP contribution in [0, 0.1) is 5.41 Å². The SMILES string of the molecule is O=C(CC1(C(=O)O)CCC1)Nc1ccc2c(c1)oc1ccccc12. The van der Waals surface area contributed by atoms with Gasteiger partial charge >= 0.3 is 5.97 Å². The van der Waals surface area contributed by atoms with E-state index in [1.807, 2.05) is 36.4 Å². The molecule has 0 unspecified atom stereocenters. The molecular weight excluding hydrogens is 306 g/mol. The second-order valence-electron chi connectivity index (χ2n) is 6.47. The van der Waals surface area contributed by atoms with Crippen molar-refractivity contribution in [2.75, 3.05) is 5.32 Å². The molecule has 1 amide bonds. The minimum atomic E-state index is -0.881. The second-order valence-corrected chi connectivity index (χ2v) is 6.47. The predicted octanol–water partition coefficient (Wildman–Crippen LogP) is 4.17.